The monoisotopic (exact) mass is 446 g/mol. The van der Waals surface area contributed by atoms with E-state index in [1.165, 1.54) is 0 Å². The summed E-state index contributed by atoms with van der Waals surface area (Å²) in [5.74, 6) is -0.257. The van der Waals surface area contributed by atoms with E-state index in [2.05, 4.69) is 5.32 Å². The maximum absolute atomic E-state index is 13.6. The van der Waals surface area contributed by atoms with Crippen LogP contribution in [0.4, 0.5) is 0 Å². The first-order chi connectivity index (χ1) is 14.7. The summed E-state index contributed by atoms with van der Waals surface area (Å²) in [6, 6.07) is 2.09. The molecule has 0 spiro atoms. The summed E-state index contributed by atoms with van der Waals surface area (Å²) < 4.78 is 10.9. The lowest BCUT2D eigenvalue weighted by Gasteiger charge is -2.35. The van der Waals surface area contributed by atoms with Crippen molar-refractivity contribution in [2.45, 2.75) is 85.9 Å². The normalized spacial score (nSPS) is 17.7. The summed E-state index contributed by atoms with van der Waals surface area (Å²) in [6.45, 7) is 15.4. The van der Waals surface area contributed by atoms with Crippen molar-refractivity contribution in [1.29, 1.82) is 0 Å². The minimum absolute atomic E-state index is 0.263. The molecule has 178 valence electrons. The number of ether oxygens (including phenoxy) is 2. The zero-order valence-corrected chi connectivity index (χ0v) is 20.9. The highest BCUT2D eigenvalue weighted by Crippen LogP contribution is 2.28. The first-order valence-corrected chi connectivity index (χ1v) is 11.1. The number of aryl methyl sites for hydroxylation is 2. The van der Waals surface area contributed by atoms with Crippen LogP contribution in [0.25, 0.3) is 0 Å². The molecule has 1 aromatic carbocycles. The first-order valence-electron chi connectivity index (χ1n) is 11.1. The molecule has 1 aliphatic heterocycles. The smallest absolute Gasteiger partial charge is 0.329 e. The molecule has 0 unspecified atom stereocenters. The lowest BCUT2D eigenvalue weighted by Crippen LogP contribution is -2.57. The number of hydrogen-bond acceptors (Lipinski definition) is 5. The Bertz CT molecular complexity index is 856. The Balaban J connectivity index is 2.27. The number of amides is 2. The maximum atomic E-state index is 13.6. The molecule has 1 saturated heterocycles. The second-order valence-electron chi connectivity index (χ2n) is 10.6. The molecule has 7 nitrogen and oxygen atoms in total. The molecule has 0 radical (unpaired) electrons. The number of carbonyl (C=O) groups is 3. The second kappa shape index (κ2) is 9.51. The molecule has 32 heavy (non-hydrogen) atoms. The van der Waals surface area contributed by atoms with Crippen LogP contribution in [0.2, 0.25) is 0 Å². The quantitative estimate of drug-likeness (QED) is 0.696. The highest BCUT2D eigenvalue weighted by Gasteiger charge is 2.43. The fourth-order valence-electron chi connectivity index (χ4n) is 4.08. The van der Waals surface area contributed by atoms with Gasteiger partial charge in [0.2, 0.25) is 5.91 Å². The van der Waals surface area contributed by atoms with E-state index in [0.29, 0.717) is 18.5 Å². The van der Waals surface area contributed by atoms with Gasteiger partial charge in [-0.1, -0.05) is 20.8 Å². The third kappa shape index (κ3) is 6.02. The molecular formula is C25H38N2O5. The number of nitrogens with zero attached hydrogens (tertiary/aromatic N) is 1. The molecular weight excluding hydrogens is 408 g/mol. The van der Waals surface area contributed by atoms with Crippen molar-refractivity contribution in [1.82, 2.24) is 10.2 Å². The van der Waals surface area contributed by atoms with Gasteiger partial charge < -0.3 is 19.7 Å². The van der Waals surface area contributed by atoms with Gasteiger partial charge in [0.25, 0.3) is 5.91 Å². The van der Waals surface area contributed by atoms with Gasteiger partial charge in [0.1, 0.15) is 23.4 Å². The Hall–Kier alpha value is -2.57. The SMILES string of the molecule is COc1c(C)cc(C(=O)N[C@H](C(=O)N2CCC[C@H]2C(=O)OC(C)(C)C)C(C)(C)C)cc1C. The van der Waals surface area contributed by atoms with Crippen LogP contribution < -0.4 is 10.1 Å². The Morgan fingerprint density at radius 1 is 1.06 bits per heavy atom. The van der Waals surface area contributed by atoms with Gasteiger partial charge in [-0.05, 0) is 76.1 Å². The second-order valence-corrected chi connectivity index (χ2v) is 10.6. The average molecular weight is 447 g/mol. The molecule has 1 heterocycles. The molecule has 0 aliphatic carbocycles. The number of hydrogen-bond donors (Lipinski definition) is 1. The van der Waals surface area contributed by atoms with Crippen LogP contribution in [0, 0.1) is 19.3 Å². The Labute approximate surface area is 191 Å². The van der Waals surface area contributed by atoms with Crippen molar-refractivity contribution in [3.63, 3.8) is 0 Å². The van der Waals surface area contributed by atoms with Crippen LogP contribution in [0.3, 0.4) is 0 Å². The van der Waals surface area contributed by atoms with Crippen molar-refractivity contribution in [2.75, 3.05) is 13.7 Å². The lowest BCUT2D eigenvalue weighted by atomic mass is 9.85. The summed E-state index contributed by atoms with van der Waals surface area (Å²) in [5.41, 5.74) is 0.982. The highest BCUT2D eigenvalue weighted by atomic mass is 16.6. The summed E-state index contributed by atoms with van der Waals surface area (Å²) in [6.07, 6.45) is 1.28. The van der Waals surface area contributed by atoms with E-state index in [4.69, 9.17) is 9.47 Å². The standard InChI is InChI=1S/C25H38N2O5/c1-15-13-17(14-16(2)19(15)31-9)21(28)26-20(24(3,4)5)22(29)27-12-10-11-18(27)23(30)32-25(6,7)8/h13-14,18,20H,10-12H2,1-9H3,(H,26,28)/t18-,20+/m0/s1. The zero-order chi connectivity index (χ0) is 24.4. The number of nitrogens with one attached hydrogen (secondary N) is 1. The molecule has 2 atom stereocenters. The van der Waals surface area contributed by atoms with Gasteiger partial charge in [0, 0.05) is 12.1 Å². The summed E-state index contributed by atoms with van der Waals surface area (Å²) in [7, 11) is 1.60. The fourth-order valence-corrected chi connectivity index (χ4v) is 4.08. The zero-order valence-electron chi connectivity index (χ0n) is 20.9. The van der Waals surface area contributed by atoms with Crippen LogP contribution in [0.1, 0.15) is 75.9 Å². The van der Waals surface area contributed by atoms with E-state index >= 15 is 0 Å². The van der Waals surface area contributed by atoms with E-state index in [-0.39, 0.29) is 11.8 Å². The highest BCUT2D eigenvalue weighted by molar-refractivity contribution is 5.99. The Morgan fingerprint density at radius 3 is 2.09 bits per heavy atom. The molecule has 2 rings (SSSR count). The van der Waals surface area contributed by atoms with Crippen molar-refractivity contribution in [2.24, 2.45) is 5.41 Å². The van der Waals surface area contributed by atoms with E-state index in [0.717, 1.165) is 23.3 Å². The van der Waals surface area contributed by atoms with Gasteiger partial charge in [-0.2, -0.15) is 0 Å². The van der Waals surface area contributed by atoms with Gasteiger partial charge in [0.05, 0.1) is 7.11 Å². The van der Waals surface area contributed by atoms with Crippen LogP contribution in [0.15, 0.2) is 12.1 Å². The predicted molar refractivity (Wildman–Crippen MR) is 124 cm³/mol. The minimum atomic E-state index is -0.791. The Morgan fingerprint density at radius 2 is 1.62 bits per heavy atom. The molecule has 1 aliphatic rings. The number of benzene rings is 1. The first kappa shape index (κ1) is 25.7. The minimum Gasteiger partial charge on any atom is -0.496 e. The van der Waals surface area contributed by atoms with Crippen LogP contribution in [-0.4, -0.2) is 54.0 Å². The van der Waals surface area contributed by atoms with Gasteiger partial charge in [-0.25, -0.2) is 4.79 Å². The third-order valence-corrected chi connectivity index (χ3v) is 5.53. The molecule has 2 amide bonds. The number of carbonyl (C=O) groups excluding carboxylic acids is 3. The largest absolute Gasteiger partial charge is 0.496 e. The van der Waals surface area contributed by atoms with Crippen molar-refractivity contribution in [3.8, 4) is 5.75 Å². The molecule has 1 aromatic rings. The fraction of sp³-hybridized carbons (Fsp3) is 0.640. The van der Waals surface area contributed by atoms with E-state index in [1.807, 2.05) is 55.4 Å². The number of methoxy groups -OCH3 is 1. The van der Waals surface area contributed by atoms with Gasteiger partial charge in [0.15, 0.2) is 0 Å². The summed E-state index contributed by atoms with van der Waals surface area (Å²) in [4.78, 5) is 40.9. The molecule has 1 N–H and O–H groups in total. The van der Waals surface area contributed by atoms with Crippen LogP contribution in [0.5, 0.6) is 5.75 Å². The van der Waals surface area contributed by atoms with Crippen molar-refractivity contribution < 1.29 is 23.9 Å². The lowest BCUT2D eigenvalue weighted by molar-refractivity contribution is -0.164. The molecule has 0 saturated carbocycles. The third-order valence-electron chi connectivity index (χ3n) is 5.53. The molecule has 0 aromatic heterocycles. The number of likely N-dealkylation sites (tertiary alicyclic amines) is 1. The molecule has 7 heteroatoms. The van der Waals surface area contributed by atoms with Crippen molar-refractivity contribution >= 4 is 17.8 Å². The topological polar surface area (TPSA) is 84.9 Å². The van der Waals surface area contributed by atoms with Crippen molar-refractivity contribution in [3.05, 3.63) is 28.8 Å². The summed E-state index contributed by atoms with van der Waals surface area (Å²) >= 11 is 0. The maximum Gasteiger partial charge on any atom is 0.329 e. The van der Waals surface area contributed by atoms with E-state index in [1.54, 1.807) is 24.1 Å². The van der Waals surface area contributed by atoms with E-state index < -0.39 is 29.1 Å². The van der Waals surface area contributed by atoms with Gasteiger partial charge in [-0.15, -0.1) is 0 Å². The average Bonchev–Trinajstić information content (AvgIpc) is 3.12. The van der Waals surface area contributed by atoms with Crippen LogP contribution in [-0.2, 0) is 14.3 Å². The molecule has 1 fully saturated rings. The van der Waals surface area contributed by atoms with Crippen LogP contribution >= 0.6 is 0 Å². The summed E-state index contributed by atoms with van der Waals surface area (Å²) in [5, 5.41) is 2.93. The van der Waals surface area contributed by atoms with Gasteiger partial charge >= 0.3 is 5.97 Å². The molecule has 0 bridgehead atoms. The predicted octanol–water partition coefficient (Wildman–Crippen LogP) is 3.79. The van der Waals surface area contributed by atoms with Gasteiger partial charge in [-0.3, -0.25) is 9.59 Å². The number of esters is 1. The van der Waals surface area contributed by atoms with E-state index in [9.17, 15) is 14.4 Å². The number of rotatable bonds is 5. The Kier molecular flexibility index (Phi) is 7.63.